The van der Waals surface area contributed by atoms with E-state index in [1.54, 1.807) is 20.0 Å². The molecule has 1 fully saturated rings. The third-order valence-corrected chi connectivity index (χ3v) is 6.12. The van der Waals surface area contributed by atoms with Gasteiger partial charge < -0.3 is 35.6 Å². The first-order valence-electron chi connectivity index (χ1n) is 14.0. The second-order valence-corrected chi connectivity index (χ2v) is 12.5. The number of likely N-dealkylation sites (N-methyl/N-ethyl adjacent to an activating group) is 1. The number of carbonyl (C=O) groups is 1. The molecule has 1 saturated heterocycles. The highest BCUT2D eigenvalue weighted by atomic mass is 32.1. The van der Waals surface area contributed by atoms with Gasteiger partial charge in [-0.2, -0.15) is 8.78 Å². The molecular weight excluding hydrogens is 542 g/mol. The van der Waals surface area contributed by atoms with Gasteiger partial charge in [0.2, 0.25) is 5.91 Å². The lowest BCUT2D eigenvalue weighted by atomic mass is 9.91. The smallest absolute Gasteiger partial charge is 0.345 e. The summed E-state index contributed by atoms with van der Waals surface area (Å²) in [6.45, 7) is 17.8. The number of aromatic nitrogens is 1. The quantitative estimate of drug-likeness (QED) is 0.215. The van der Waals surface area contributed by atoms with Crippen molar-refractivity contribution in [1.82, 2.24) is 20.9 Å². The topological polar surface area (TPSA) is 128 Å². The first kappa shape index (κ1) is 40.9. The van der Waals surface area contributed by atoms with Crippen LogP contribution in [0.1, 0.15) is 78.6 Å². The number of carbonyl (C=O) groups excluding carboxylic acids is 1. The number of aliphatic hydroxyl groups is 2. The number of hydrogen-bond donors (Lipinski definition) is 5. The van der Waals surface area contributed by atoms with Crippen LogP contribution in [0.5, 0.6) is 0 Å². The zero-order valence-corrected chi connectivity index (χ0v) is 27.2. The second-order valence-electron chi connectivity index (χ2n) is 11.2. The fourth-order valence-electron chi connectivity index (χ4n) is 2.89. The summed E-state index contributed by atoms with van der Waals surface area (Å²) in [5.74, 6) is 0.605. The van der Waals surface area contributed by atoms with Crippen LogP contribution in [0.4, 0.5) is 8.78 Å². The number of ether oxygens (including phenoxy) is 2. The molecular formula is C28H56F2N4O5S. The van der Waals surface area contributed by atoms with Crippen LogP contribution in [0, 0.1) is 18.8 Å². The molecule has 12 heteroatoms. The predicted molar refractivity (Wildman–Crippen MR) is 159 cm³/mol. The minimum Gasteiger partial charge on any atom is -0.391 e. The van der Waals surface area contributed by atoms with Crippen LogP contribution in [-0.4, -0.2) is 84.4 Å². The van der Waals surface area contributed by atoms with Crippen LogP contribution in [0.2, 0.25) is 0 Å². The van der Waals surface area contributed by atoms with Crippen LogP contribution in [0.3, 0.4) is 0 Å². The monoisotopic (exact) mass is 598 g/mol. The SMILES string of the molecule is CC(C)C.CCN[C@@H](COC(F)F)C(=O)NC(CC(C)C)C(O)C1(C)CO1.CNC(C)C.Cc1ncc(CO)s1. The van der Waals surface area contributed by atoms with Crippen LogP contribution in [0.25, 0.3) is 0 Å². The van der Waals surface area contributed by atoms with E-state index >= 15 is 0 Å². The first-order chi connectivity index (χ1) is 18.5. The third-order valence-electron chi connectivity index (χ3n) is 5.22. The molecule has 2 heterocycles. The second kappa shape index (κ2) is 22.3. The summed E-state index contributed by atoms with van der Waals surface area (Å²) in [4.78, 5) is 17.2. The van der Waals surface area contributed by atoms with Gasteiger partial charge in [-0.1, -0.05) is 55.4 Å². The first-order valence-corrected chi connectivity index (χ1v) is 14.8. The van der Waals surface area contributed by atoms with Gasteiger partial charge in [0.05, 0.1) is 35.7 Å². The standard InChI is InChI=1S/C15H28F2N2O4.C5H7NOS.C4H11N.C4H10/c1-5-18-11(7-22-14(16)17)13(21)19-10(6-9(2)3)12(20)15(4)8-23-15;1-4-6-2-5(3-7)8-4;1-4(2)5-3;1-4(2)3/h9-12,14,18,20H,5-8H2,1-4H3,(H,19,21);2,7H,3H2,1H3;4-5H,1-3H3;4H,1-3H3/t10?,11-,12?,15?;;;/m0.../s1. The number of halogens is 2. The van der Waals surface area contributed by atoms with Gasteiger partial charge in [0, 0.05) is 12.2 Å². The van der Waals surface area contributed by atoms with Crippen molar-refractivity contribution in [3.05, 3.63) is 16.1 Å². The fourth-order valence-corrected chi connectivity index (χ4v) is 3.54. The molecule has 1 aromatic heterocycles. The number of hydrogen-bond acceptors (Lipinski definition) is 9. The van der Waals surface area contributed by atoms with Crippen molar-refractivity contribution in [3.8, 4) is 0 Å². The normalized spacial score (nSPS) is 18.2. The van der Waals surface area contributed by atoms with E-state index in [1.807, 2.05) is 27.8 Å². The Morgan fingerprint density at radius 1 is 1.23 bits per heavy atom. The van der Waals surface area contributed by atoms with Gasteiger partial charge in [-0.15, -0.1) is 11.3 Å². The maximum atomic E-state index is 12.3. The van der Waals surface area contributed by atoms with E-state index in [4.69, 9.17) is 9.84 Å². The summed E-state index contributed by atoms with van der Waals surface area (Å²) in [5.41, 5.74) is -0.653. The lowest BCUT2D eigenvalue weighted by Gasteiger charge is -2.30. The van der Waals surface area contributed by atoms with Crippen molar-refractivity contribution in [3.63, 3.8) is 0 Å². The Labute approximate surface area is 244 Å². The molecule has 0 spiro atoms. The van der Waals surface area contributed by atoms with Gasteiger partial charge in [0.1, 0.15) is 17.7 Å². The lowest BCUT2D eigenvalue weighted by molar-refractivity contribution is -0.144. The highest BCUT2D eigenvalue weighted by molar-refractivity contribution is 7.11. The molecule has 1 aliphatic rings. The lowest BCUT2D eigenvalue weighted by Crippen LogP contribution is -2.55. The number of nitrogens with zero attached hydrogens (tertiary/aromatic N) is 1. The highest BCUT2D eigenvalue weighted by Gasteiger charge is 2.50. The van der Waals surface area contributed by atoms with Gasteiger partial charge in [-0.3, -0.25) is 4.79 Å². The fraction of sp³-hybridized carbons (Fsp3) is 0.857. The maximum Gasteiger partial charge on any atom is 0.345 e. The van der Waals surface area contributed by atoms with Gasteiger partial charge in [0.25, 0.3) is 0 Å². The van der Waals surface area contributed by atoms with E-state index in [2.05, 4.69) is 60.3 Å². The average Bonchev–Trinajstić information content (AvgIpc) is 3.47. The van der Waals surface area contributed by atoms with Crippen LogP contribution < -0.4 is 16.0 Å². The van der Waals surface area contributed by atoms with Crippen LogP contribution in [0.15, 0.2) is 6.20 Å². The number of nitrogens with one attached hydrogen (secondary N) is 3. The van der Waals surface area contributed by atoms with Crippen molar-refractivity contribution in [2.45, 2.75) is 119 Å². The Morgan fingerprint density at radius 3 is 2.05 bits per heavy atom. The van der Waals surface area contributed by atoms with Gasteiger partial charge in [0.15, 0.2) is 0 Å². The molecule has 0 saturated carbocycles. The van der Waals surface area contributed by atoms with Crippen LogP contribution in [-0.2, 0) is 20.9 Å². The predicted octanol–water partition coefficient (Wildman–Crippen LogP) is 4.10. The molecule has 9 nitrogen and oxygen atoms in total. The molecule has 238 valence electrons. The molecule has 1 aliphatic heterocycles. The number of aliphatic hydroxyl groups excluding tert-OH is 2. The average molecular weight is 599 g/mol. The van der Waals surface area contributed by atoms with E-state index in [9.17, 15) is 18.7 Å². The summed E-state index contributed by atoms with van der Waals surface area (Å²) in [6, 6.07) is -0.776. The zero-order chi connectivity index (χ0) is 31.5. The number of alkyl halides is 2. The van der Waals surface area contributed by atoms with E-state index in [0.29, 0.717) is 25.6 Å². The zero-order valence-electron chi connectivity index (χ0n) is 26.4. The summed E-state index contributed by atoms with van der Waals surface area (Å²) < 4.78 is 33.9. The third kappa shape index (κ3) is 21.5. The van der Waals surface area contributed by atoms with Crippen molar-refractivity contribution in [2.75, 3.05) is 26.8 Å². The van der Waals surface area contributed by atoms with Gasteiger partial charge in [-0.05, 0) is 45.7 Å². The van der Waals surface area contributed by atoms with Gasteiger partial charge >= 0.3 is 6.61 Å². The molecule has 0 bridgehead atoms. The summed E-state index contributed by atoms with van der Waals surface area (Å²) >= 11 is 1.53. The van der Waals surface area contributed by atoms with E-state index in [-0.39, 0.29) is 12.5 Å². The minimum absolute atomic E-state index is 0.117. The molecule has 5 N–H and O–H groups in total. The van der Waals surface area contributed by atoms with E-state index < -0.39 is 42.9 Å². The van der Waals surface area contributed by atoms with Crippen molar-refractivity contribution in [1.29, 1.82) is 0 Å². The van der Waals surface area contributed by atoms with Crippen LogP contribution >= 0.6 is 11.3 Å². The number of thiazole rings is 1. The molecule has 40 heavy (non-hydrogen) atoms. The molecule has 3 unspecified atom stereocenters. The Morgan fingerprint density at radius 2 is 1.75 bits per heavy atom. The molecule has 1 amide bonds. The Bertz CT molecular complexity index is 762. The minimum atomic E-state index is -2.93. The number of aryl methyl sites for hydroxylation is 1. The number of epoxide rings is 1. The molecule has 0 aromatic carbocycles. The largest absolute Gasteiger partial charge is 0.391 e. The Hall–Kier alpha value is -1.28. The summed E-state index contributed by atoms with van der Waals surface area (Å²) in [6.07, 6.45) is 1.40. The Kier molecular flexibility index (Phi) is 22.8. The summed E-state index contributed by atoms with van der Waals surface area (Å²) in [7, 11) is 1.95. The van der Waals surface area contributed by atoms with E-state index in [1.165, 1.54) is 11.3 Å². The van der Waals surface area contributed by atoms with Gasteiger partial charge in [-0.25, -0.2) is 4.98 Å². The highest BCUT2D eigenvalue weighted by Crippen LogP contribution is 2.33. The Balaban J connectivity index is 0. The number of rotatable bonds is 13. The molecule has 1 aromatic rings. The van der Waals surface area contributed by atoms with Crippen molar-refractivity contribution in [2.24, 2.45) is 11.8 Å². The van der Waals surface area contributed by atoms with E-state index in [0.717, 1.165) is 15.8 Å². The summed E-state index contributed by atoms with van der Waals surface area (Å²) in [5, 5.41) is 28.5. The molecule has 0 aliphatic carbocycles. The molecule has 4 atom stereocenters. The van der Waals surface area contributed by atoms with Crippen molar-refractivity contribution >= 4 is 17.2 Å². The molecule has 2 rings (SSSR count). The maximum absolute atomic E-state index is 12.3. The molecule has 0 radical (unpaired) electrons. The number of amides is 1. The van der Waals surface area contributed by atoms with Crippen molar-refractivity contribution < 1.29 is 33.3 Å².